The molecule has 1 aliphatic rings. The highest BCUT2D eigenvalue weighted by Crippen LogP contribution is 2.22. The third-order valence-corrected chi connectivity index (χ3v) is 5.03. The number of piperazine rings is 1. The smallest absolute Gasteiger partial charge is 0.241 e. The molecule has 29 heavy (non-hydrogen) atoms. The summed E-state index contributed by atoms with van der Waals surface area (Å²) in [6.45, 7) is 3.52. The van der Waals surface area contributed by atoms with Gasteiger partial charge in [0.1, 0.15) is 11.5 Å². The maximum atomic E-state index is 12.5. The number of nitrogens with one attached hydrogen (secondary N) is 1. The molecule has 0 bridgehead atoms. The van der Waals surface area contributed by atoms with Crippen LogP contribution in [0, 0.1) is 0 Å². The average molecular weight is 387 g/mol. The lowest BCUT2D eigenvalue weighted by Crippen LogP contribution is -2.50. The second kappa shape index (κ2) is 9.15. The SMILES string of the molecule is O=C(CNc1ccc(Oc2ccccc2)cc1)N1CCN(c2ccccc2)CC1. The molecule has 1 amide bonds. The van der Waals surface area contributed by atoms with Crippen LogP contribution in [0.15, 0.2) is 84.9 Å². The van der Waals surface area contributed by atoms with E-state index in [2.05, 4.69) is 22.3 Å². The molecule has 3 aromatic carbocycles. The Kier molecular flexibility index (Phi) is 5.95. The Morgan fingerprint density at radius 1 is 0.759 bits per heavy atom. The fourth-order valence-corrected chi connectivity index (χ4v) is 3.41. The quantitative estimate of drug-likeness (QED) is 0.687. The molecule has 0 radical (unpaired) electrons. The van der Waals surface area contributed by atoms with E-state index in [1.807, 2.05) is 77.7 Å². The van der Waals surface area contributed by atoms with Gasteiger partial charge in [-0.1, -0.05) is 36.4 Å². The maximum Gasteiger partial charge on any atom is 0.241 e. The van der Waals surface area contributed by atoms with Crippen molar-refractivity contribution < 1.29 is 9.53 Å². The number of amides is 1. The minimum Gasteiger partial charge on any atom is -0.457 e. The molecule has 1 aliphatic heterocycles. The van der Waals surface area contributed by atoms with Gasteiger partial charge < -0.3 is 19.9 Å². The molecule has 0 aromatic heterocycles. The summed E-state index contributed by atoms with van der Waals surface area (Å²) in [5, 5.41) is 3.22. The zero-order valence-electron chi connectivity index (χ0n) is 16.3. The summed E-state index contributed by atoms with van der Waals surface area (Å²) in [5.74, 6) is 1.70. The van der Waals surface area contributed by atoms with Gasteiger partial charge >= 0.3 is 0 Å². The first-order valence-electron chi connectivity index (χ1n) is 9.92. The van der Waals surface area contributed by atoms with Crippen LogP contribution in [0.1, 0.15) is 0 Å². The number of carbonyl (C=O) groups excluding carboxylic acids is 1. The Morgan fingerprint density at radius 2 is 1.34 bits per heavy atom. The number of nitrogens with zero attached hydrogens (tertiary/aromatic N) is 2. The number of ether oxygens (including phenoxy) is 1. The Bertz CT molecular complexity index is 906. The van der Waals surface area contributed by atoms with Gasteiger partial charge in [-0.3, -0.25) is 4.79 Å². The molecular weight excluding hydrogens is 362 g/mol. The number of benzene rings is 3. The third-order valence-electron chi connectivity index (χ3n) is 5.03. The highest BCUT2D eigenvalue weighted by molar-refractivity contribution is 5.81. The van der Waals surface area contributed by atoms with Gasteiger partial charge in [-0.25, -0.2) is 0 Å². The first kappa shape index (κ1) is 18.9. The normalized spacial score (nSPS) is 13.8. The molecule has 0 aliphatic carbocycles. The standard InChI is InChI=1S/C24H25N3O2/c28-24(27-17-15-26(16-18-27)21-7-3-1-4-8-21)19-25-20-11-13-23(14-12-20)29-22-9-5-2-6-10-22/h1-14,25H,15-19H2. The lowest BCUT2D eigenvalue weighted by atomic mass is 10.2. The minimum absolute atomic E-state index is 0.127. The molecule has 0 atom stereocenters. The highest BCUT2D eigenvalue weighted by Gasteiger charge is 2.20. The second-order valence-electron chi connectivity index (χ2n) is 7.00. The zero-order valence-corrected chi connectivity index (χ0v) is 16.3. The third kappa shape index (κ3) is 5.08. The Hall–Kier alpha value is -3.47. The Balaban J connectivity index is 1.23. The fraction of sp³-hybridized carbons (Fsp3) is 0.208. The van der Waals surface area contributed by atoms with Crippen molar-refractivity contribution in [2.75, 3.05) is 42.9 Å². The van der Waals surface area contributed by atoms with E-state index >= 15 is 0 Å². The van der Waals surface area contributed by atoms with E-state index in [1.54, 1.807) is 0 Å². The van der Waals surface area contributed by atoms with Crippen LogP contribution in [0.3, 0.4) is 0 Å². The summed E-state index contributed by atoms with van der Waals surface area (Å²) in [6.07, 6.45) is 0. The molecule has 5 heteroatoms. The van der Waals surface area contributed by atoms with Gasteiger partial charge in [0.05, 0.1) is 6.54 Å². The van der Waals surface area contributed by atoms with E-state index in [4.69, 9.17) is 4.74 Å². The molecule has 5 nitrogen and oxygen atoms in total. The summed E-state index contributed by atoms with van der Waals surface area (Å²) in [7, 11) is 0. The lowest BCUT2D eigenvalue weighted by molar-refractivity contribution is -0.129. The maximum absolute atomic E-state index is 12.5. The molecule has 3 aromatic rings. The van der Waals surface area contributed by atoms with E-state index in [0.29, 0.717) is 6.54 Å². The van der Waals surface area contributed by atoms with Crippen LogP contribution in [0.25, 0.3) is 0 Å². The van der Waals surface area contributed by atoms with Gasteiger partial charge in [0.25, 0.3) is 0 Å². The van der Waals surface area contributed by atoms with Gasteiger partial charge in [-0.2, -0.15) is 0 Å². The molecule has 1 saturated heterocycles. The van der Waals surface area contributed by atoms with Gasteiger partial charge in [0.15, 0.2) is 0 Å². The van der Waals surface area contributed by atoms with Crippen LogP contribution >= 0.6 is 0 Å². The van der Waals surface area contributed by atoms with Crippen LogP contribution in [0.4, 0.5) is 11.4 Å². The van der Waals surface area contributed by atoms with Gasteiger partial charge in [-0.05, 0) is 48.5 Å². The van der Waals surface area contributed by atoms with Crippen LogP contribution in [0.5, 0.6) is 11.5 Å². The van der Waals surface area contributed by atoms with Crippen LogP contribution in [0.2, 0.25) is 0 Å². The van der Waals surface area contributed by atoms with Crippen LogP contribution in [-0.4, -0.2) is 43.5 Å². The molecule has 0 saturated carbocycles. The summed E-state index contributed by atoms with van der Waals surface area (Å²) < 4.78 is 5.79. The first-order chi connectivity index (χ1) is 14.3. The number of rotatable bonds is 6. The summed E-state index contributed by atoms with van der Waals surface area (Å²) in [4.78, 5) is 16.8. The van der Waals surface area contributed by atoms with Crippen molar-refractivity contribution in [3.8, 4) is 11.5 Å². The average Bonchev–Trinajstić information content (AvgIpc) is 2.80. The minimum atomic E-state index is 0.127. The molecule has 0 spiro atoms. The Labute approximate surface area is 171 Å². The van der Waals surface area contributed by atoms with Crippen molar-refractivity contribution in [3.05, 3.63) is 84.9 Å². The van der Waals surface area contributed by atoms with Crippen molar-refractivity contribution in [1.29, 1.82) is 0 Å². The molecule has 148 valence electrons. The zero-order chi connectivity index (χ0) is 19.9. The molecular formula is C24H25N3O2. The molecule has 4 rings (SSSR count). The summed E-state index contributed by atoms with van der Waals surface area (Å²) in [6, 6.07) is 27.7. The highest BCUT2D eigenvalue weighted by atomic mass is 16.5. The van der Waals surface area contributed by atoms with Gasteiger partial charge in [0.2, 0.25) is 5.91 Å². The topological polar surface area (TPSA) is 44.8 Å². The molecule has 0 unspecified atom stereocenters. The number of anilines is 2. The number of hydrogen-bond acceptors (Lipinski definition) is 4. The van der Waals surface area contributed by atoms with E-state index in [9.17, 15) is 4.79 Å². The van der Waals surface area contributed by atoms with Crippen molar-refractivity contribution in [3.63, 3.8) is 0 Å². The van der Waals surface area contributed by atoms with Gasteiger partial charge in [0, 0.05) is 37.6 Å². The van der Waals surface area contributed by atoms with E-state index < -0.39 is 0 Å². The van der Waals surface area contributed by atoms with Crippen molar-refractivity contribution >= 4 is 17.3 Å². The monoisotopic (exact) mass is 387 g/mol. The fourth-order valence-electron chi connectivity index (χ4n) is 3.41. The predicted octanol–water partition coefficient (Wildman–Crippen LogP) is 4.24. The molecule has 1 fully saturated rings. The number of hydrogen-bond donors (Lipinski definition) is 1. The first-order valence-corrected chi connectivity index (χ1v) is 9.92. The van der Waals surface area contributed by atoms with Crippen molar-refractivity contribution in [2.24, 2.45) is 0 Å². The molecule has 1 heterocycles. The predicted molar refractivity (Wildman–Crippen MR) is 117 cm³/mol. The second-order valence-corrected chi connectivity index (χ2v) is 7.00. The molecule has 1 N–H and O–H groups in total. The van der Waals surface area contributed by atoms with E-state index in [1.165, 1.54) is 5.69 Å². The Morgan fingerprint density at radius 3 is 2.00 bits per heavy atom. The largest absolute Gasteiger partial charge is 0.457 e. The van der Waals surface area contributed by atoms with Crippen LogP contribution < -0.4 is 15.0 Å². The van der Waals surface area contributed by atoms with Crippen LogP contribution in [-0.2, 0) is 4.79 Å². The summed E-state index contributed by atoms with van der Waals surface area (Å²) in [5.41, 5.74) is 2.12. The van der Waals surface area contributed by atoms with Crippen molar-refractivity contribution in [2.45, 2.75) is 0 Å². The van der Waals surface area contributed by atoms with Gasteiger partial charge in [-0.15, -0.1) is 0 Å². The lowest BCUT2D eigenvalue weighted by Gasteiger charge is -2.36. The van der Waals surface area contributed by atoms with Crippen molar-refractivity contribution in [1.82, 2.24) is 4.90 Å². The number of carbonyl (C=O) groups is 1. The van der Waals surface area contributed by atoms with E-state index in [0.717, 1.165) is 43.4 Å². The summed E-state index contributed by atoms with van der Waals surface area (Å²) >= 11 is 0. The van der Waals surface area contributed by atoms with E-state index in [-0.39, 0.29) is 5.91 Å². The number of para-hydroxylation sites is 2.